The fraction of sp³-hybridized carbons (Fsp3) is 0.800. The lowest BCUT2D eigenvalue weighted by atomic mass is 9.92. The molecule has 1 rings (SSSR count). The van der Waals surface area contributed by atoms with E-state index in [1.165, 1.54) is 6.08 Å². The SMILES string of the molecule is CCOC(=O)C1=C[C@@H](OC(CC)CC)[C@@H](O)[C@H](OS(C)(=O)=O)C1. The molecule has 0 aromatic carbocycles. The first-order chi connectivity index (χ1) is 10.7. The fourth-order valence-electron chi connectivity index (χ4n) is 2.43. The van der Waals surface area contributed by atoms with Gasteiger partial charge in [-0.2, -0.15) is 8.42 Å². The lowest BCUT2D eigenvalue weighted by Gasteiger charge is -2.34. The molecule has 1 N–H and O–H groups in total. The normalized spacial score (nSPS) is 25.3. The third-order valence-electron chi connectivity index (χ3n) is 3.60. The van der Waals surface area contributed by atoms with E-state index in [0.29, 0.717) is 0 Å². The number of ether oxygens (including phenoxy) is 2. The van der Waals surface area contributed by atoms with Gasteiger partial charge < -0.3 is 14.6 Å². The molecule has 0 amide bonds. The Morgan fingerprint density at radius 2 is 1.96 bits per heavy atom. The molecule has 0 saturated heterocycles. The summed E-state index contributed by atoms with van der Waals surface area (Å²) in [5.41, 5.74) is 0.252. The molecule has 1 aliphatic carbocycles. The van der Waals surface area contributed by atoms with Crippen LogP contribution >= 0.6 is 0 Å². The van der Waals surface area contributed by atoms with E-state index >= 15 is 0 Å². The van der Waals surface area contributed by atoms with Crippen LogP contribution in [0.25, 0.3) is 0 Å². The predicted octanol–water partition coefficient (Wildman–Crippen LogP) is 1.16. The van der Waals surface area contributed by atoms with Crippen LogP contribution in [0, 0.1) is 0 Å². The summed E-state index contributed by atoms with van der Waals surface area (Å²) in [5, 5.41) is 10.4. The van der Waals surface area contributed by atoms with Crippen LogP contribution in [-0.4, -0.2) is 56.8 Å². The summed E-state index contributed by atoms with van der Waals surface area (Å²) in [6.07, 6.45) is 0.654. The largest absolute Gasteiger partial charge is 0.463 e. The van der Waals surface area contributed by atoms with Gasteiger partial charge in [-0.3, -0.25) is 4.18 Å². The van der Waals surface area contributed by atoms with Gasteiger partial charge in [-0.1, -0.05) is 13.8 Å². The van der Waals surface area contributed by atoms with E-state index in [9.17, 15) is 18.3 Å². The first-order valence-electron chi connectivity index (χ1n) is 7.81. The summed E-state index contributed by atoms with van der Waals surface area (Å²) in [5.74, 6) is -0.556. The van der Waals surface area contributed by atoms with Crippen molar-refractivity contribution in [2.45, 2.75) is 64.4 Å². The number of aliphatic hydroxyl groups is 1. The molecule has 0 bridgehead atoms. The minimum atomic E-state index is -3.78. The zero-order valence-electron chi connectivity index (χ0n) is 14.0. The Bertz CT molecular complexity index is 522. The Kier molecular flexibility index (Phi) is 7.66. The van der Waals surface area contributed by atoms with Gasteiger partial charge >= 0.3 is 5.97 Å². The second-order valence-electron chi connectivity index (χ2n) is 5.49. The lowest BCUT2D eigenvalue weighted by Crippen LogP contribution is -2.46. The van der Waals surface area contributed by atoms with Gasteiger partial charge in [0.2, 0.25) is 0 Å². The standard InChI is InChI=1S/C15H26O7S/c1-5-11(6-2)21-12-8-10(15(17)20-7-3)9-13(14(12)16)22-23(4,18)19/h8,11-14,16H,5-7,9H2,1-4H3/t12-,13-,14-/m1/s1. The van der Waals surface area contributed by atoms with E-state index in [-0.39, 0.29) is 24.7 Å². The smallest absolute Gasteiger partial charge is 0.333 e. The molecule has 1 aliphatic rings. The summed E-state index contributed by atoms with van der Waals surface area (Å²) in [4.78, 5) is 12.0. The first kappa shape index (κ1) is 20.1. The molecule has 0 aromatic rings. The molecule has 0 aromatic heterocycles. The van der Waals surface area contributed by atoms with Gasteiger partial charge in [-0.15, -0.1) is 0 Å². The highest BCUT2D eigenvalue weighted by Crippen LogP contribution is 2.27. The Morgan fingerprint density at radius 3 is 2.43 bits per heavy atom. The molecule has 23 heavy (non-hydrogen) atoms. The third kappa shape index (κ3) is 6.21. The minimum absolute atomic E-state index is 0.0458. The van der Waals surface area contributed by atoms with Gasteiger partial charge in [0.25, 0.3) is 10.1 Å². The molecular formula is C15H26O7S. The van der Waals surface area contributed by atoms with Crippen molar-refractivity contribution in [2.24, 2.45) is 0 Å². The van der Waals surface area contributed by atoms with Crippen LogP contribution in [0.1, 0.15) is 40.0 Å². The number of esters is 1. The Hall–Kier alpha value is -0.960. The molecule has 7 nitrogen and oxygen atoms in total. The van der Waals surface area contributed by atoms with Gasteiger partial charge in [0.15, 0.2) is 0 Å². The second-order valence-corrected chi connectivity index (χ2v) is 7.09. The summed E-state index contributed by atoms with van der Waals surface area (Å²) < 4.78 is 38.4. The molecule has 0 radical (unpaired) electrons. The van der Waals surface area contributed by atoms with Crippen molar-refractivity contribution < 1.29 is 32.0 Å². The number of carbonyl (C=O) groups is 1. The average molecular weight is 350 g/mol. The molecule has 0 heterocycles. The summed E-state index contributed by atoms with van der Waals surface area (Å²) in [7, 11) is -3.78. The molecule has 134 valence electrons. The van der Waals surface area contributed by atoms with E-state index in [1.54, 1.807) is 6.92 Å². The molecule has 0 unspecified atom stereocenters. The molecular weight excluding hydrogens is 324 g/mol. The predicted molar refractivity (Wildman–Crippen MR) is 84.3 cm³/mol. The summed E-state index contributed by atoms with van der Waals surface area (Å²) >= 11 is 0. The van der Waals surface area contributed by atoms with Crippen molar-refractivity contribution in [3.8, 4) is 0 Å². The van der Waals surface area contributed by atoms with Crippen LogP contribution in [0.15, 0.2) is 11.6 Å². The van der Waals surface area contributed by atoms with E-state index in [0.717, 1.165) is 19.1 Å². The number of aliphatic hydroxyl groups excluding tert-OH is 1. The second kappa shape index (κ2) is 8.77. The van der Waals surface area contributed by atoms with Crippen LogP contribution in [0.4, 0.5) is 0 Å². The molecule has 0 aliphatic heterocycles. The summed E-state index contributed by atoms with van der Waals surface area (Å²) in [6, 6.07) is 0. The first-order valence-corrected chi connectivity index (χ1v) is 9.63. The maximum absolute atomic E-state index is 12.0. The lowest BCUT2D eigenvalue weighted by molar-refractivity contribution is -0.140. The van der Waals surface area contributed by atoms with E-state index in [1.807, 2.05) is 13.8 Å². The van der Waals surface area contributed by atoms with Crippen LogP contribution in [0.5, 0.6) is 0 Å². The average Bonchev–Trinajstić information content (AvgIpc) is 2.46. The maximum atomic E-state index is 12.0. The van der Waals surface area contributed by atoms with E-state index in [4.69, 9.17) is 13.7 Å². The van der Waals surface area contributed by atoms with Crippen molar-refractivity contribution in [3.05, 3.63) is 11.6 Å². The van der Waals surface area contributed by atoms with Crippen LogP contribution < -0.4 is 0 Å². The molecule has 0 spiro atoms. The van der Waals surface area contributed by atoms with Crippen molar-refractivity contribution >= 4 is 16.1 Å². The van der Waals surface area contributed by atoms with Gasteiger partial charge in [0.05, 0.1) is 19.0 Å². The minimum Gasteiger partial charge on any atom is -0.463 e. The summed E-state index contributed by atoms with van der Waals surface area (Å²) in [6.45, 7) is 5.78. The number of hydrogen-bond acceptors (Lipinski definition) is 7. The van der Waals surface area contributed by atoms with Gasteiger partial charge in [0, 0.05) is 12.0 Å². The van der Waals surface area contributed by atoms with Crippen LogP contribution in [-0.2, 0) is 28.6 Å². The zero-order valence-corrected chi connectivity index (χ0v) is 14.8. The van der Waals surface area contributed by atoms with E-state index in [2.05, 4.69) is 0 Å². The Balaban J connectivity index is 3.03. The van der Waals surface area contributed by atoms with E-state index < -0.39 is 34.4 Å². The highest BCUT2D eigenvalue weighted by molar-refractivity contribution is 7.86. The van der Waals surface area contributed by atoms with Crippen molar-refractivity contribution in [3.63, 3.8) is 0 Å². The van der Waals surface area contributed by atoms with Gasteiger partial charge in [-0.25, -0.2) is 4.79 Å². The molecule has 0 fully saturated rings. The fourth-order valence-corrected chi connectivity index (χ4v) is 3.06. The zero-order chi connectivity index (χ0) is 17.6. The van der Waals surface area contributed by atoms with Crippen molar-refractivity contribution in [2.75, 3.05) is 12.9 Å². The van der Waals surface area contributed by atoms with Gasteiger partial charge in [0.1, 0.15) is 18.3 Å². The topological polar surface area (TPSA) is 99.1 Å². The molecule has 3 atom stereocenters. The Morgan fingerprint density at radius 1 is 1.35 bits per heavy atom. The highest BCUT2D eigenvalue weighted by Gasteiger charge is 2.38. The number of carbonyl (C=O) groups excluding carboxylic acids is 1. The molecule has 8 heteroatoms. The number of hydrogen-bond donors (Lipinski definition) is 1. The number of rotatable bonds is 8. The highest BCUT2D eigenvalue weighted by atomic mass is 32.2. The van der Waals surface area contributed by atoms with Crippen molar-refractivity contribution in [1.82, 2.24) is 0 Å². The monoisotopic (exact) mass is 350 g/mol. The third-order valence-corrected chi connectivity index (χ3v) is 4.20. The van der Waals surface area contributed by atoms with Gasteiger partial charge in [-0.05, 0) is 25.8 Å². The van der Waals surface area contributed by atoms with Crippen molar-refractivity contribution in [1.29, 1.82) is 0 Å². The van der Waals surface area contributed by atoms with Crippen LogP contribution in [0.3, 0.4) is 0 Å². The van der Waals surface area contributed by atoms with Crippen LogP contribution in [0.2, 0.25) is 0 Å². The maximum Gasteiger partial charge on any atom is 0.333 e. The quantitative estimate of drug-likeness (QED) is 0.518. The molecule has 0 saturated carbocycles. The Labute approximate surface area is 137 Å².